The molecule has 0 spiro atoms. The number of aliphatic hydroxyl groups excluding tert-OH is 1. The first-order valence-corrected chi connectivity index (χ1v) is 5.75. The van der Waals surface area contributed by atoms with Gasteiger partial charge >= 0.3 is 0 Å². The molecule has 2 atom stereocenters. The third-order valence-corrected chi connectivity index (χ3v) is 3.18. The first-order chi connectivity index (χ1) is 7.74. The van der Waals surface area contributed by atoms with Crippen LogP contribution in [0.1, 0.15) is 31.9 Å². The van der Waals surface area contributed by atoms with E-state index < -0.39 is 6.10 Å². The smallest absolute Gasteiger partial charge is 0.0822 e. The summed E-state index contributed by atoms with van der Waals surface area (Å²) in [4.78, 5) is 4.30. The number of aliphatic hydroxyl groups is 1. The molecule has 1 heterocycles. The van der Waals surface area contributed by atoms with E-state index in [0.717, 1.165) is 22.9 Å². The van der Waals surface area contributed by atoms with Crippen molar-refractivity contribution in [2.45, 2.75) is 26.4 Å². The van der Waals surface area contributed by atoms with E-state index in [0.29, 0.717) is 0 Å². The first kappa shape index (κ1) is 11.1. The van der Waals surface area contributed by atoms with Gasteiger partial charge in [0.15, 0.2) is 0 Å². The Morgan fingerprint density at radius 1 is 1.25 bits per heavy atom. The van der Waals surface area contributed by atoms with E-state index in [2.05, 4.69) is 18.8 Å². The predicted octanol–water partition coefficient (Wildman–Crippen LogP) is 3.31. The standard InChI is InChI=1S/C14H17NO/c1-3-10(2)14(16)12-8-9-15-13-7-5-4-6-11(12)13/h4-10,14,16H,3H2,1-2H3. The quantitative estimate of drug-likeness (QED) is 0.852. The van der Waals surface area contributed by atoms with E-state index in [1.54, 1.807) is 6.20 Å². The first-order valence-electron chi connectivity index (χ1n) is 5.75. The molecule has 0 saturated carbocycles. The van der Waals surface area contributed by atoms with Crippen molar-refractivity contribution in [1.29, 1.82) is 0 Å². The van der Waals surface area contributed by atoms with Crippen LogP contribution in [0.4, 0.5) is 0 Å². The lowest BCUT2D eigenvalue weighted by molar-refractivity contribution is 0.117. The summed E-state index contributed by atoms with van der Waals surface area (Å²) in [5.41, 5.74) is 1.93. The molecular weight excluding hydrogens is 198 g/mol. The second-order valence-corrected chi connectivity index (χ2v) is 4.25. The van der Waals surface area contributed by atoms with Gasteiger partial charge in [0.05, 0.1) is 11.6 Å². The van der Waals surface area contributed by atoms with Crippen LogP contribution in [0.5, 0.6) is 0 Å². The van der Waals surface area contributed by atoms with Crippen molar-refractivity contribution < 1.29 is 5.11 Å². The summed E-state index contributed by atoms with van der Waals surface area (Å²) >= 11 is 0. The van der Waals surface area contributed by atoms with Crippen LogP contribution in [-0.4, -0.2) is 10.1 Å². The van der Waals surface area contributed by atoms with Gasteiger partial charge in [0, 0.05) is 11.6 Å². The van der Waals surface area contributed by atoms with Gasteiger partial charge in [-0.2, -0.15) is 0 Å². The van der Waals surface area contributed by atoms with Crippen LogP contribution in [0.2, 0.25) is 0 Å². The average Bonchev–Trinajstić information content (AvgIpc) is 2.36. The third kappa shape index (κ3) is 1.93. The van der Waals surface area contributed by atoms with E-state index in [1.807, 2.05) is 30.3 Å². The number of benzene rings is 1. The molecule has 2 nitrogen and oxygen atoms in total. The number of pyridine rings is 1. The molecule has 0 bridgehead atoms. The maximum atomic E-state index is 10.3. The number of hydrogen-bond acceptors (Lipinski definition) is 2. The number of hydrogen-bond donors (Lipinski definition) is 1. The molecule has 0 radical (unpaired) electrons. The van der Waals surface area contributed by atoms with Gasteiger partial charge in [-0.15, -0.1) is 0 Å². The van der Waals surface area contributed by atoms with Gasteiger partial charge in [0.25, 0.3) is 0 Å². The average molecular weight is 215 g/mol. The minimum absolute atomic E-state index is 0.269. The highest BCUT2D eigenvalue weighted by molar-refractivity contribution is 5.82. The number of rotatable bonds is 3. The Labute approximate surface area is 96.0 Å². The fraction of sp³-hybridized carbons (Fsp3) is 0.357. The molecule has 0 aliphatic rings. The Balaban J connectivity index is 2.52. The largest absolute Gasteiger partial charge is 0.388 e. The van der Waals surface area contributed by atoms with E-state index in [-0.39, 0.29) is 5.92 Å². The van der Waals surface area contributed by atoms with Gasteiger partial charge in [-0.3, -0.25) is 4.98 Å². The Kier molecular flexibility index (Phi) is 3.20. The molecule has 1 aromatic carbocycles. The SMILES string of the molecule is CCC(C)C(O)c1ccnc2ccccc12. The molecule has 1 aromatic heterocycles. The second kappa shape index (κ2) is 4.62. The summed E-state index contributed by atoms with van der Waals surface area (Å²) in [6.45, 7) is 4.16. The Morgan fingerprint density at radius 3 is 2.75 bits per heavy atom. The van der Waals surface area contributed by atoms with Crippen LogP contribution in [0, 0.1) is 5.92 Å². The molecule has 0 saturated heterocycles. The van der Waals surface area contributed by atoms with Crippen molar-refractivity contribution in [3.8, 4) is 0 Å². The maximum absolute atomic E-state index is 10.3. The summed E-state index contributed by atoms with van der Waals surface area (Å²) in [6, 6.07) is 9.86. The predicted molar refractivity (Wildman–Crippen MR) is 66.2 cm³/mol. The number of nitrogens with zero attached hydrogens (tertiary/aromatic N) is 1. The van der Waals surface area contributed by atoms with E-state index >= 15 is 0 Å². The van der Waals surface area contributed by atoms with Crippen molar-refractivity contribution in [2.75, 3.05) is 0 Å². The van der Waals surface area contributed by atoms with Gasteiger partial charge < -0.3 is 5.11 Å². The van der Waals surface area contributed by atoms with Crippen LogP contribution in [0.25, 0.3) is 10.9 Å². The molecule has 2 aromatic rings. The van der Waals surface area contributed by atoms with Crippen LogP contribution < -0.4 is 0 Å². The zero-order valence-corrected chi connectivity index (χ0v) is 9.72. The monoisotopic (exact) mass is 215 g/mol. The lowest BCUT2D eigenvalue weighted by Gasteiger charge is -2.18. The molecule has 2 heteroatoms. The zero-order chi connectivity index (χ0) is 11.5. The summed E-state index contributed by atoms with van der Waals surface area (Å²) in [6.07, 6.45) is 2.33. The molecule has 2 rings (SSSR count). The van der Waals surface area contributed by atoms with E-state index in [4.69, 9.17) is 0 Å². The van der Waals surface area contributed by atoms with Crippen LogP contribution in [-0.2, 0) is 0 Å². The lowest BCUT2D eigenvalue weighted by Crippen LogP contribution is -2.08. The normalized spacial score (nSPS) is 14.9. The molecule has 2 unspecified atom stereocenters. The highest BCUT2D eigenvalue weighted by Crippen LogP contribution is 2.29. The van der Waals surface area contributed by atoms with Gasteiger partial charge in [-0.25, -0.2) is 0 Å². The van der Waals surface area contributed by atoms with E-state index in [9.17, 15) is 5.11 Å². The number of aromatic nitrogens is 1. The van der Waals surface area contributed by atoms with Crippen LogP contribution >= 0.6 is 0 Å². The molecule has 0 fully saturated rings. The second-order valence-electron chi connectivity index (χ2n) is 4.25. The van der Waals surface area contributed by atoms with Gasteiger partial charge in [0.2, 0.25) is 0 Å². The van der Waals surface area contributed by atoms with Gasteiger partial charge in [-0.05, 0) is 23.6 Å². The third-order valence-electron chi connectivity index (χ3n) is 3.18. The highest BCUT2D eigenvalue weighted by atomic mass is 16.3. The summed E-state index contributed by atoms with van der Waals surface area (Å²) in [5, 5.41) is 11.3. The maximum Gasteiger partial charge on any atom is 0.0822 e. The molecule has 0 amide bonds. The van der Waals surface area contributed by atoms with Crippen molar-refractivity contribution in [3.63, 3.8) is 0 Å². The molecular formula is C14H17NO. The minimum Gasteiger partial charge on any atom is -0.388 e. The molecule has 0 aliphatic carbocycles. The lowest BCUT2D eigenvalue weighted by atomic mass is 9.93. The van der Waals surface area contributed by atoms with Crippen LogP contribution in [0.15, 0.2) is 36.5 Å². The topological polar surface area (TPSA) is 33.1 Å². The van der Waals surface area contributed by atoms with Gasteiger partial charge in [0.1, 0.15) is 0 Å². The van der Waals surface area contributed by atoms with Crippen molar-refractivity contribution >= 4 is 10.9 Å². The summed E-state index contributed by atoms with van der Waals surface area (Å²) in [5.74, 6) is 0.269. The summed E-state index contributed by atoms with van der Waals surface area (Å²) < 4.78 is 0. The minimum atomic E-state index is -0.405. The Hall–Kier alpha value is -1.41. The Morgan fingerprint density at radius 2 is 2.00 bits per heavy atom. The van der Waals surface area contributed by atoms with Crippen LogP contribution in [0.3, 0.4) is 0 Å². The van der Waals surface area contributed by atoms with Crippen molar-refractivity contribution in [3.05, 3.63) is 42.1 Å². The van der Waals surface area contributed by atoms with E-state index in [1.165, 1.54) is 0 Å². The van der Waals surface area contributed by atoms with Gasteiger partial charge in [-0.1, -0.05) is 38.5 Å². The molecule has 16 heavy (non-hydrogen) atoms. The number of para-hydroxylation sites is 1. The fourth-order valence-corrected chi connectivity index (χ4v) is 1.91. The molecule has 0 aliphatic heterocycles. The molecule has 1 N–H and O–H groups in total. The van der Waals surface area contributed by atoms with Crippen molar-refractivity contribution in [1.82, 2.24) is 4.98 Å². The highest BCUT2D eigenvalue weighted by Gasteiger charge is 2.16. The number of fused-ring (bicyclic) bond motifs is 1. The zero-order valence-electron chi connectivity index (χ0n) is 9.72. The van der Waals surface area contributed by atoms with Crippen molar-refractivity contribution in [2.24, 2.45) is 5.92 Å². The Bertz CT molecular complexity index is 476. The summed E-state index contributed by atoms with van der Waals surface area (Å²) in [7, 11) is 0. The fourth-order valence-electron chi connectivity index (χ4n) is 1.91. The molecule has 84 valence electrons.